The van der Waals surface area contributed by atoms with Crippen LogP contribution in [0.2, 0.25) is 0 Å². The molecule has 0 saturated carbocycles. The van der Waals surface area contributed by atoms with Crippen molar-refractivity contribution in [3.05, 3.63) is 71.8 Å². The second-order valence-electron chi connectivity index (χ2n) is 9.34. The van der Waals surface area contributed by atoms with Gasteiger partial charge in [-0.2, -0.15) is 4.98 Å². The lowest BCUT2D eigenvalue weighted by molar-refractivity contribution is -0.122. The van der Waals surface area contributed by atoms with Crippen molar-refractivity contribution in [3.8, 4) is 11.5 Å². The summed E-state index contributed by atoms with van der Waals surface area (Å²) in [5.74, 6) is 1.11. The Bertz CT molecular complexity index is 1310. The van der Waals surface area contributed by atoms with E-state index in [1.165, 1.54) is 4.90 Å². The Morgan fingerprint density at radius 3 is 1.94 bits per heavy atom. The SMILES string of the molecule is COc1ccc([C@H]2C[C@@H](c3ccc(OC)cc3)n3nc(N4C(=O)[C@H]5CC=CC[C@@H]5C4=O)nc3N2)cc1. The highest BCUT2D eigenvalue weighted by molar-refractivity contribution is 6.21. The highest BCUT2D eigenvalue weighted by Crippen LogP contribution is 2.41. The first-order valence-corrected chi connectivity index (χ1v) is 12.1. The number of nitrogens with zero attached hydrogens (tertiary/aromatic N) is 4. The van der Waals surface area contributed by atoms with Crippen LogP contribution in [0.3, 0.4) is 0 Å². The van der Waals surface area contributed by atoms with Gasteiger partial charge in [0.25, 0.3) is 5.95 Å². The number of methoxy groups -OCH3 is 2. The Balaban J connectivity index is 1.38. The number of aromatic nitrogens is 3. The van der Waals surface area contributed by atoms with Crippen LogP contribution in [0.25, 0.3) is 0 Å². The number of anilines is 2. The van der Waals surface area contributed by atoms with E-state index in [1.54, 1.807) is 18.9 Å². The molecule has 2 amide bonds. The molecule has 4 atom stereocenters. The number of nitrogens with one attached hydrogen (secondary N) is 1. The van der Waals surface area contributed by atoms with Gasteiger partial charge in [-0.3, -0.25) is 9.59 Å². The van der Waals surface area contributed by atoms with Gasteiger partial charge in [-0.1, -0.05) is 36.4 Å². The van der Waals surface area contributed by atoms with Gasteiger partial charge < -0.3 is 14.8 Å². The quantitative estimate of drug-likeness (QED) is 0.432. The van der Waals surface area contributed by atoms with Crippen molar-refractivity contribution < 1.29 is 19.1 Å². The van der Waals surface area contributed by atoms with Gasteiger partial charge in [0.1, 0.15) is 11.5 Å². The molecule has 2 aliphatic heterocycles. The number of imide groups is 1. The number of carbonyl (C=O) groups excluding carboxylic acids is 2. The molecule has 1 saturated heterocycles. The minimum atomic E-state index is -0.333. The lowest BCUT2D eigenvalue weighted by Crippen LogP contribution is -2.32. The predicted octanol–water partition coefficient (Wildman–Crippen LogP) is 3.90. The van der Waals surface area contributed by atoms with Crippen LogP contribution in [0, 0.1) is 11.8 Å². The van der Waals surface area contributed by atoms with Crippen LogP contribution >= 0.6 is 0 Å². The smallest absolute Gasteiger partial charge is 0.260 e. The standard InChI is InChI=1S/C27H27N5O4/c1-35-18-11-7-16(8-12-18)22-15-23(17-9-13-19(36-2)14-10-17)32-26(28-22)29-27(30-32)31-24(33)20-5-3-4-6-21(20)25(31)34/h3-4,7-14,20-23H,5-6,15H2,1-2H3,(H,28,29,30)/t20-,21-,22+,23-/m0/s1. The van der Waals surface area contributed by atoms with Crippen molar-refractivity contribution in [2.45, 2.75) is 31.3 Å². The molecule has 9 heteroatoms. The Labute approximate surface area is 208 Å². The van der Waals surface area contributed by atoms with Gasteiger partial charge in [-0.15, -0.1) is 5.10 Å². The maximum atomic E-state index is 13.2. The van der Waals surface area contributed by atoms with Gasteiger partial charge in [0.05, 0.1) is 38.1 Å². The Kier molecular flexibility index (Phi) is 5.47. The third-order valence-corrected chi connectivity index (χ3v) is 7.40. The molecule has 1 aromatic heterocycles. The molecule has 0 spiro atoms. The van der Waals surface area contributed by atoms with Crippen LogP contribution in [-0.4, -0.2) is 40.8 Å². The van der Waals surface area contributed by atoms with Crippen molar-refractivity contribution >= 4 is 23.7 Å². The largest absolute Gasteiger partial charge is 0.497 e. The average Bonchev–Trinajstić information content (AvgIpc) is 3.46. The number of hydrogen-bond donors (Lipinski definition) is 1. The van der Waals surface area contributed by atoms with Crippen molar-refractivity contribution in [3.63, 3.8) is 0 Å². The van der Waals surface area contributed by atoms with E-state index in [4.69, 9.17) is 14.6 Å². The lowest BCUT2D eigenvalue weighted by atomic mass is 9.85. The Morgan fingerprint density at radius 2 is 1.39 bits per heavy atom. The number of amides is 2. The van der Waals surface area contributed by atoms with E-state index < -0.39 is 0 Å². The molecule has 1 aliphatic carbocycles. The van der Waals surface area contributed by atoms with Crippen LogP contribution in [0.1, 0.15) is 42.5 Å². The minimum Gasteiger partial charge on any atom is -0.497 e. The van der Waals surface area contributed by atoms with Gasteiger partial charge in [0, 0.05) is 0 Å². The Morgan fingerprint density at radius 1 is 0.833 bits per heavy atom. The molecule has 0 unspecified atom stereocenters. The number of carbonyl (C=O) groups is 2. The van der Waals surface area contributed by atoms with Crippen molar-refractivity contribution in [2.24, 2.45) is 11.8 Å². The number of fused-ring (bicyclic) bond motifs is 2. The van der Waals surface area contributed by atoms with E-state index in [2.05, 4.69) is 10.3 Å². The van der Waals surface area contributed by atoms with Gasteiger partial charge >= 0.3 is 0 Å². The fourth-order valence-corrected chi connectivity index (χ4v) is 5.42. The van der Waals surface area contributed by atoms with E-state index in [1.807, 2.05) is 60.7 Å². The van der Waals surface area contributed by atoms with Crippen LogP contribution in [0.15, 0.2) is 60.7 Å². The fourth-order valence-electron chi connectivity index (χ4n) is 5.42. The summed E-state index contributed by atoms with van der Waals surface area (Å²) in [6, 6.07) is 15.6. The fraction of sp³-hybridized carbons (Fsp3) is 0.333. The number of allylic oxidation sites excluding steroid dienone is 2. The number of ether oxygens (including phenoxy) is 2. The summed E-state index contributed by atoms with van der Waals surface area (Å²) in [5.41, 5.74) is 2.11. The molecule has 184 valence electrons. The monoisotopic (exact) mass is 485 g/mol. The van der Waals surface area contributed by atoms with Crippen molar-refractivity contribution in [1.29, 1.82) is 0 Å². The molecule has 1 fully saturated rings. The number of hydrogen-bond acceptors (Lipinski definition) is 7. The number of benzene rings is 2. The number of rotatable bonds is 5. The zero-order valence-electron chi connectivity index (χ0n) is 20.1. The zero-order valence-corrected chi connectivity index (χ0v) is 20.1. The van der Waals surface area contributed by atoms with E-state index >= 15 is 0 Å². The molecule has 3 aliphatic rings. The topological polar surface area (TPSA) is 98.6 Å². The second-order valence-corrected chi connectivity index (χ2v) is 9.34. The highest BCUT2D eigenvalue weighted by Gasteiger charge is 2.50. The van der Waals surface area contributed by atoms with Crippen LogP contribution < -0.4 is 19.7 Å². The normalized spacial score (nSPS) is 24.8. The van der Waals surface area contributed by atoms with Crippen molar-refractivity contribution in [2.75, 3.05) is 24.4 Å². The molecule has 1 N–H and O–H groups in total. The van der Waals surface area contributed by atoms with Gasteiger partial charge in [-0.05, 0) is 54.7 Å². The summed E-state index contributed by atoms with van der Waals surface area (Å²) in [4.78, 5) is 32.2. The van der Waals surface area contributed by atoms with Gasteiger partial charge in [0.15, 0.2) is 0 Å². The second kappa shape index (κ2) is 8.82. The first-order chi connectivity index (χ1) is 17.6. The first-order valence-electron chi connectivity index (χ1n) is 12.1. The lowest BCUT2D eigenvalue weighted by Gasteiger charge is -2.31. The van der Waals surface area contributed by atoms with Gasteiger partial charge in [0.2, 0.25) is 17.8 Å². The molecule has 3 heterocycles. The summed E-state index contributed by atoms with van der Waals surface area (Å²) in [6.45, 7) is 0. The summed E-state index contributed by atoms with van der Waals surface area (Å²) in [5, 5.41) is 8.17. The summed E-state index contributed by atoms with van der Waals surface area (Å²) < 4.78 is 12.4. The summed E-state index contributed by atoms with van der Waals surface area (Å²) >= 11 is 0. The van der Waals surface area contributed by atoms with E-state index in [-0.39, 0.29) is 41.7 Å². The third kappa shape index (κ3) is 3.62. The first kappa shape index (κ1) is 22.3. The van der Waals surface area contributed by atoms with Crippen LogP contribution in [0.5, 0.6) is 11.5 Å². The van der Waals surface area contributed by atoms with E-state index in [9.17, 15) is 9.59 Å². The third-order valence-electron chi connectivity index (χ3n) is 7.40. The molecule has 9 nitrogen and oxygen atoms in total. The van der Waals surface area contributed by atoms with Crippen LogP contribution in [-0.2, 0) is 9.59 Å². The van der Waals surface area contributed by atoms with Gasteiger partial charge in [-0.25, -0.2) is 9.58 Å². The minimum absolute atomic E-state index is 0.0516. The molecule has 0 bridgehead atoms. The maximum Gasteiger partial charge on any atom is 0.260 e. The zero-order chi connectivity index (χ0) is 24.8. The van der Waals surface area contributed by atoms with E-state index in [0.29, 0.717) is 25.2 Å². The maximum absolute atomic E-state index is 13.2. The predicted molar refractivity (Wildman–Crippen MR) is 133 cm³/mol. The van der Waals surface area contributed by atoms with Crippen LogP contribution in [0.4, 0.5) is 11.9 Å². The van der Waals surface area contributed by atoms with E-state index in [0.717, 1.165) is 22.6 Å². The molecular weight excluding hydrogens is 458 g/mol. The molecule has 2 aromatic carbocycles. The molecule has 6 rings (SSSR count). The molecular formula is C27H27N5O4. The van der Waals surface area contributed by atoms with Crippen molar-refractivity contribution in [1.82, 2.24) is 14.8 Å². The average molecular weight is 486 g/mol. The molecule has 3 aromatic rings. The molecule has 36 heavy (non-hydrogen) atoms. The highest BCUT2D eigenvalue weighted by atomic mass is 16.5. The Hall–Kier alpha value is -4.14. The summed E-state index contributed by atoms with van der Waals surface area (Å²) in [7, 11) is 3.28. The molecule has 0 radical (unpaired) electrons. The summed E-state index contributed by atoms with van der Waals surface area (Å²) in [6.07, 6.45) is 5.80.